The van der Waals surface area contributed by atoms with Crippen molar-refractivity contribution in [3.8, 4) is 5.75 Å². The van der Waals surface area contributed by atoms with Crippen molar-refractivity contribution >= 4 is 5.95 Å². The predicted octanol–water partition coefficient (Wildman–Crippen LogP) is 1.36. The molecule has 0 bridgehead atoms. The fraction of sp³-hybridized carbons (Fsp3) is 0.200. The van der Waals surface area contributed by atoms with Crippen molar-refractivity contribution < 1.29 is 5.11 Å². The minimum absolute atomic E-state index is 0.0610. The minimum atomic E-state index is 0.0610. The average molecular weight is 191 g/mol. The molecule has 1 aromatic rings. The van der Waals surface area contributed by atoms with Gasteiger partial charge in [-0.3, -0.25) is 0 Å². The van der Waals surface area contributed by atoms with Gasteiger partial charge in [0.25, 0.3) is 0 Å². The molecule has 1 heterocycles. The van der Waals surface area contributed by atoms with Crippen LogP contribution in [0.5, 0.6) is 5.75 Å². The number of nitrogens with zero attached hydrogens (tertiary/aromatic N) is 3. The van der Waals surface area contributed by atoms with Gasteiger partial charge in [-0.15, -0.1) is 13.2 Å². The standard InChI is InChI=1S/C10H13N3O/c1-3-5-13(6-4-2)10-11-7-9(14)8-12-10/h3-4,7-8,14H,1-2,5-6H2. The lowest BCUT2D eigenvalue weighted by atomic mass is 10.4. The molecular weight excluding hydrogens is 178 g/mol. The monoisotopic (exact) mass is 191 g/mol. The van der Waals surface area contributed by atoms with Crippen molar-refractivity contribution in [2.75, 3.05) is 18.0 Å². The molecule has 0 spiro atoms. The van der Waals surface area contributed by atoms with Gasteiger partial charge in [0.2, 0.25) is 5.95 Å². The van der Waals surface area contributed by atoms with E-state index in [9.17, 15) is 0 Å². The Balaban J connectivity index is 2.80. The first-order valence-corrected chi connectivity index (χ1v) is 4.25. The zero-order valence-electron chi connectivity index (χ0n) is 7.93. The van der Waals surface area contributed by atoms with Crippen molar-refractivity contribution in [3.63, 3.8) is 0 Å². The molecule has 14 heavy (non-hydrogen) atoms. The lowest BCUT2D eigenvalue weighted by Crippen LogP contribution is -2.25. The van der Waals surface area contributed by atoms with Gasteiger partial charge in [0.1, 0.15) is 0 Å². The molecule has 1 N–H and O–H groups in total. The molecule has 0 atom stereocenters. The van der Waals surface area contributed by atoms with Gasteiger partial charge in [-0.25, -0.2) is 9.97 Å². The topological polar surface area (TPSA) is 49.2 Å². The smallest absolute Gasteiger partial charge is 0.226 e. The number of hydrogen-bond donors (Lipinski definition) is 1. The molecule has 0 aliphatic heterocycles. The van der Waals surface area contributed by atoms with Gasteiger partial charge < -0.3 is 10.0 Å². The van der Waals surface area contributed by atoms with Crippen LogP contribution in [0, 0.1) is 0 Å². The predicted molar refractivity (Wildman–Crippen MR) is 56.3 cm³/mol. The molecule has 0 aliphatic rings. The molecule has 0 amide bonds. The summed E-state index contributed by atoms with van der Waals surface area (Å²) < 4.78 is 0. The molecule has 0 unspecified atom stereocenters. The van der Waals surface area contributed by atoms with Crippen molar-refractivity contribution in [3.05, 3.63) is 37.7 Å². The van der Waals surface area contributed by atoms with Crippen molar-refractivity contribution in [1.82, 2.24) is 9.97 Å². The molecule has 0 aliphatic carbocycles. The molecule has 4 heteroatoms. The molecule has 0 aromatic carbocycles. The highest BCUT2D eigenvalue weighted by atomic mass is 16.3. The van der Waals surface area contributed by atoms with E-state index in [1.54, 1.807) is 12.2 Å². The highest BCUT2D eigenvalue weighted by Gasteiger charge is 2.04. The lowest BCUT2D eigenvalue weighted by Gasteiger charge is -2.18. The summed E-state index contributed by atoms with van der Waals surface area (Å²) in [5, 5.41) is 9.01. The highest BCUT2D eigenvalue weighted by Crippen LogP contribution is 2.09. The number of aromatic hydroxyl groups is 1. The number of hydrogen-bond acceptors (Lipinski definition) is 4. The Morgan fingerprint density at radius 1 is 1.21 bits per heavy atom. The normalized spacial score (nSPS) is 9.43. The highest BCUT2D eigenvalue weighted by molar-refractivity contribution is 5.32. The summed E-state index contributed by atoms with van der Waals surface area (Å²) in [7, 11) is 0. The van der Waals surface area contributed by atoms with E-state index in [1.165, 1.54) is 12.4 Å². The summed E-state index contributed by atoms with van der Waals surface area (Å²) in [6.07, 6.45) is 6.25. The summed E-state index contributed by atoms with van der Waals surface area (Å²) >= 11 is 0. The third-order valence-corrected chi connectivity index (χ3v) is 1.61. The first-order valence-electron chi connectivity index (χ1n) is 4.25. The first-order chi connectivity index (χ1) is 6.77. The Hall–Kier alpha value is -1.84. The molecule has 1 rings (SSSR count). The van der Waals surface area contributed by atoms with Crippen LogP contribution in [0.3, 0.4) is 0 Å². The van der Waals surface area contributed by atoms with Crippen LogP contribution in [0.15, 0.2) is 37.7 Å². The quantitative estimate of drug-likeness (QED) is 0.714. The van der Waals surface area contributed by atoms with Crippen molar-refractivity contribution in [2.24, 2.45) is 0 Å². The van der Waals surface area contributed by atoms with E-state index in [0.717, 1.165) is 0 Å². The van der Waals surface area contributed by atoms with Gasteiger partial charge in [0, 0.05) is 13.1 Å². The number of rotatable bonds is 5. The fourth-order valence-electron chi connectivity index (χ4n) is 1.03. The Morgan fingerprint density at radius 2 is 1.71 bits per heavy atom. The van der Waals surface area contributed by atoms with Gasteiger partial charge in [-0.2, -0.15) is 0 Å². The maximum absolute atomic E-state index is 9.01. The summed E-state index contributed by atoms with van der Waals surface area (Å²) in [5.74, 6) is 0.619. The van der Waals surface area contributed by atoms with E-state index in [1.807, 2.05) is 4.90 Å². The Kier molecular flexibility index (Phi) is 3.67. The van der Waals surface area contributed by atoms with Crippen LogP contribution >= 0.6 is 0 Å². The summed E-state index contributed by atoms with van der Waals surface area (Å²) in [4.78, 5) is 9.86. The third kappa shape index (κ3) is 2.58. The second kappa shape index (κ2) is 5.01. The van der Waals surface area contributed by atoms with E-state index >= 15 is 0 Å². The molecule has 4 nitrogen and oxygen atoms in total. The second-order valence-corrected chi connectivity index (χ2v) is 2.72. The molecule has 74 valence electrons. The van der Waals surface area contributed by atoms with Gasteiger partial charge >= 0.3 is 0 Å². The Labute approximate surface area is 83.2 Å². The largest absolute Gasteiger partial charge is 0.505 e. The van der Waals surface area contributed by atoms with E-state index < -0.39 is 0 Å². The minimum Gasteiger partial charge on any atom is -0.505 e. The van der Waals surface area contributed by atoms with Crippen LogP contribution in [0.4, 0.5) is 5.95 Å². The summed E-state index contributed by atoms with van der Waals surface area (Å²) in [6, 6.07) is 0. The zero-order chi connectivity index (χ0) is 10.4. The molecule has 0 saturated heterocycles. The lowest BCUT2D eigenvalue weighted by molar-refractivity contribution is 0.469. The van der Waals surface area contributed by atoms with E-state index in [2.05, 4.69) is 23.1 Å². The summed E-state index contributed by atoms with van der Waals surface area (Å²) in [6.45, 7) is 8.59. The SMILES string of the molecule is C=CCN(CC=C)c1ncc(O)cn1. The first kappa shape index (κ1) is 10.2. The van der Waals surface area contributed by atoms with Gasteiger partial charge in [-0.05, 0) is 0 Å². The zero-order valence-corrected chi connectivity index (χ0v) is 7.93. The van der Waals surface area contributed by atoms with Gasteiger partial charge in [-0.1, -0.05) is 12.2 Å². The van der Waals surface area contributed by atoms with Gasteiger partial charge in [0.05, 0.1) is 12.4 Å². The van der Waals surface area contributed by atoms with E-state index in [4.69, 9.17) is 5.11 Å². The van der Waals surface area contributed by atoms with Crippen molar-refractivity contribution in [1.29, 1.82) is 0 Å². The van der Waals surface area contributed by atoms with E-state index in [-0.39, 0.29) is 5.75 Å². The molecule has 1 aromatic heterocycles. The summed E-state index contributed by atoms with van der Waals surface area (Å²) in [5.41, 5.74) is 0. The fourth-order valence-corrected chi connectivity index (χ4v) is 1.03. The van der Waals surface area contributed by atoms with Crippen LogP contribution in [-0.4, -0.2) is 28.2 Å². The second-order valence-electron chi connectivity index (χ2n) is 2.72. The number of anilines is 1. The van der Waals surface area contributed by atoms with E-state index in [0.29, 0.717) is 19.0 Å². The molecule has 0 fully saturated rings. The van der Waals surface area contributed by atoms with Gasteiger partial charge in [0.15, 0.2) is 5.75 Å². The van der Waals surface area contributed by atoms with Crippen LogP contribution in [0.25, 0.3) is 0 Å². The maximum atomic E-state index is 9.01. The van der Waals surface area contributed by atoms with Crippen molar-refractivity contribution in [2.45, 2.75) is 0 Å². The molecule has 0 saturated carbocycles. The number of aromatic nitrogens is 2. The maximum Gasteiger partial charge on any atom is 0.226 e. The van der Waals surface area contributed by atoms with Crippen LogP contribution in [0.1, 0.15) is 0 Å². The van der Waals surface area contributed by atoms with Crippen LogP contribution in [-0.2, 0) is 0 Å². The molecule has 0 radical (unpaired) electrons. The Morgan fingerprint density at radius 3 is 2.14 bits per heavy atom. The Bertz CT molecular complexity index is 298. The van der Waals surface area contributed by atoms with Crippen LogP contribution < -0.4 is 4.90 Å². The van der Waals surface area contributed by atoms with Crippen LogP contribution in [0.2, 0.25) is 0 Å². The third-order valence-electron chi connectivity index (χ3n) is 1.61. The molecular formula is C10H13N3O. The average Bonchev–Trinajstić information content (AvgIpc) is 2.19.